The van der Waals surface area contributed by atoms with Crippen molar-refractivity contribution in [3.8, 4) is 17.7 Å². The number of allylic oxidation sites excluding steroid dienone is 1. The van der Waals surface area contributed by atoms with E-state index >= 15 is 0 Å². The Morgan fingerprint density at radius 1 is 1.33 bits per heavy atom. The van der Waals surface area contributed by atoms with Gasteiger partial charge >= 0.3 is 12.2 Å². The van der Waals surface area contributed by atoms with E-state index in [0.717, 1.165) is 12.1 Å². The van der Waals surface area contributed by atoms with Gasteiger partial charge in [0.15, 0.2) is 0 Å². The lowest BCUT2D eigenvalue weighted by Gasteiger charge is -2.08. The molecule has 1 amide bonds. The SMILES string of the molecule is CCC1=[N+]=CN2C(=C1)N=[N+]=C2C#Cc1cccc(C(=O)Nc2cncnc2OC)c1. The van der Waals surface area contributed by atoms with Gasteiger partial charge in [-0.15, -0.1) is 4.90 Å². The Balaban J connectivity index is 1.52. The summed E-state index contributed by atoms with van der Waals surface area (Å²) in [7, 11) is 1.47. The number of carbonyl (C=O) groups excluding carboxylic acids is 1. The molecular formula is C21H17N7O2+2. The first-order valence-corrected chi connectivity index (χ1v) is 9.15. The van der Waals surface area contributed by atoms with Crippen LogP contribution in [0.5, 0.6) is 5.88 Å². The van der Waals surface area contributed by atoms with Gasteiger partial charge in [0.1, 0.15) is 12.0 Å². The number of amides is 1. The minimum absolute atomic E-state index is 0.285. The van der Waals surface area contributed by atoms with Crippen molar-refractivity contribution in [2.45, 2.75) is 13.3 Å². The molecular weight excluding hydrogens is 382 g/mol. The van der Waals surface area contributed by atoms with Gasteiger partial charge in [0, 0.05) is 23.5 Å². The summed E-state index contributed by atoms with van der Waals surface area (Å²) in [6, 6.07) is 6.95. The van der Waals surface area contributed by atoms with E-state index in [0.29, 0.717) is 28.5 Å². The molecule has 146 valence electrons. The third-order valence-electron chi connectivity index (χ3n) is 4.28. The van der Waals surface area contributed by atoms with Crippen LogP contribution in [-0.2, 0) is 0 Å². The van der Waals surface area contributed by atoms with Crippen LogP contribution in [0, 0.1) is 11.8 Å². The van der Waals surface area contributed by atoms with Gasteiger partial charge in [-0.3, -0.25) is 4.79 Å². The molecule has 9 heteroatoms. The number of hydrogen-bond donors (Lipinski definition) is 1. The van der Waals surface area contributed by atoms with E-state index in [1.54, 1.807) is 29.4 Å². The number of anilines is 1. The van der Waals surface area contributed by atoms with Crippen LogP contribution in [0.25, 0.3) is 0 Å². The van der Waals surface area contributed by atoms with Gasteiger partial charge in [0.2, 0.25) is 11.6 Å². The molecule has 0 saturated heterocycles. The molecule has 2 aliphatic rings. The molecule has 3 heterocycles. The van der Waals surface area contributed by atoms with E-state index in [2.05, 4.69) is 41.7 Å². The summed E-state index contributed by atoms with van der Waals surface area (Å²) in [6.07, 6.45) is 7.18. The predicted octanol–water partition coefficient (Wildman–Crippen LogP) is 1.27. The van der Waals surface area contributed by atoms with Gasteiger partial charge in [0.05, 0.1) is 24.5 Å². The van der Waals surface area contributed by atoms with Crippen molar-refractivity contribution in [1.82, 2.24) is 19.5 Å². The smallest absolute Gasteiger partial charge is 0.469 e. The second-order valence-corrected chi connectivity index (χ2v) is 6.22. The fourth-order valence-corrected chi connectivity index (χ4v) is 2.74. The van der Waals surface area contributed by atoms with Crippen LogP contribution >= 0.6 is 0 Å². The van der Waals surface area contributed by atoms with E-state index in [1.807, 2.05) is 19.1 Å². The summed E-state index contributed by atoms with van der Waals surface area (Å²) < 4.78 is 9.47. The third kappa shape index (κ3) is 3.86. The lowest BCUT2D eigenvalue weighted by atomic mass is 10.1. The average molecular weight is 399 g/mol. The summed E-state index contributed by atoms with van der Waals surface area (Å²) in [5.41, 5.74) is 2.42. The van der Waals surface area contributed by atoms with Crippen molar-refractivity contribution >= 4 is 29.5 Å². The predicted molar refractivity (Wildman–Crippen MR) is 111 cm³/mol. The molecule has 0 bridgehead atoms. The Labute approximate surface area is 172 Å². The van der Waals surface area contributed by atoms with E-state index in [9.17, 15) is 4.79 Å². The normalized spacial score (nSPS) is 13.5. The second-order valence-electron chi connectivity index (χ2n) is 6.22. The maximum Gasteiger partial charge on any atom is 0.469 e. The first kappa shape index (κ1) is 18.8. The standard InChI is InChI=1S/C21H16N7O2/c1-3-16-10-19-27-26-18(28(19)13-24-16)8-7-14-5-4-6-15(9-14)20(29)25-17-11-22-12-23-21(17)30-2/h4-6,9-13H,3H2,1-2H3/q+1/p+1. The third-order valence-corrected chi connectivity index (χ3v) is 4.28. The van der Waals surface area contributed by atoms with Crippen LogP contribution < -0.4 is 14.7 Å². The lowest BCUT2D eigenvalue weighted by molar-refractivity contribution is -0.0718. The molecule has 0 atom stereocenters. The Hall–Kier alpha value is -4.50. The van der Waals surface area contributed by atoms with Gasteiger partial charge in [-0.2, -0.15) is 4.98 Å². The highest BCUT2D eigenvalue weighted by Crippen LogP contribution is 2.19. The Morgan fingerprint density at radius 2 is 2.23 bits per heavy atom. The molecule has 1 N–H and O–H groups in total. The summed E-state index contributed by atoms with van der Waals surface area (Å²) in [4.78, 5) is 26.3. The fraction of sp³-hybridized carbons (Fsp3) is 0.143. The van der Waals surface area contributed by atoms with E-state index in [-0.39, 0.29) is 11.8 Å². The Kier molecular flexibility index (Phi) is 5.18. The number of hydrogen-bond acceptors (Lipinski definition) is 6. The van der Waals surface area contributed by atoms with E-state index in [4.69, 9.17) is 4.74 Å². The molecule has 30 heavy (non-hydrogen) atoms. The van der Waals surface area contributed by atoms with Crippen LogP contribution in [0.15, 0.2) is 53.8 Å². The summed E-state index contributed by atoms with van der Waals surface area (Å²) >= 11 is 0. The quantitative estimate of drug-likeness (QED) is 0.615. The van der Waals surface area contributed by atoms with Crippen molar-refractivity contribution in [2.24, 2.45) is 5.11 Å². The molecule has 0 spiro atoms. The number of aromatic nitrogens is 2. The van der Waals surface area contributed by atoms with E-state index in [1.165, 1.54) is 19.6 Å². The second kappa shape index (κ2) is 8.25. The van der Waals surface area contributed by atoms with Gasteiger partial charge in [-0.05, 0) is 18.2 Å². The van der Waals surface area contributed by atoms with Crippen molar-refractivity contribution in [3.05, 3.63) is 59.8 Å². The molecule has 4 rings (SSSR count). The number of nitrogens with one attached hydrogen (secondary N) is 1. The van der Waals surface area contributed by atoms with Gasteiger partial charge in [-0.25, -0.2) is 9.65 Å². The zero-order chi connectivity index (χ0) is 20.9. The number of fused-ring (bicyclic) bond motifs is 1. The highest BCUT2D eigenvalue weighted by molar-refractivity contribution is 6.07. The lowest BCUT2D eigenvalue weighted by Crippen LogP contribution is -2.29. The minimum atomic E-state index is -0.323. The number of nitrogens with zero attached hydrogens (tertiary/aromatic N) is 6. The molecule has 1 aromatic heterocycles. The van der Waals surface area contributed by atoms with Crippen LogP contribution in [-0.4, -0.2) is 50.6 Å². The number of carbonyl (C=O) groups is 1. The molecule has 2 aromatic rings. The Bertz CT molecular complexity index is 1250. The monoisotopic (exact) mass is 399 g/mol. The Morgan fingerprint density at radius 3 is 3.07 bits per heavy atom. The van der Waals surface area contributed by atoms with Gasteiger partial charge < -0.3 is 10.1 Å². The van der Waals surface area contributed by atoms with Gasteiger partial charge in [0.25, 0.3) is 11.7 Å². The topological polar surface area (TPSA) is 108 Å². The largest absolute Gasteiger partial charge is 0.479 e. The summed E-state index contributed by atoms with van der Waals surface area (Å²) in [5.74, 6) is 7.13. The minimum Gasteiger partial charge on any atom is -0.479 e. The molecule has 0 unspecified atom stereocenters. The molecule has 0 aliphatic carbocycles. The zero-order valence-corrected chi connectivity index (χ0v) is 16.3. The number of ether oxygens (including phenoxy) is 1. The van der Waals surface area contributed by atoms with Crippen molar-refractivity contribution in [3.63, 3.8) is 0 Å². The highest BCUT2D eigenvalue weighted by Gasteiger charge is 2.35. The first-order chi connectivity index (χ1) is 14.7. The van der Waals surface area contributed by atoms with Crippen LogP contribution in [0.4, 0.5) is 5.69 Å². The molecule has 1 aromatic carbocycles. The van der Waals surface area contributed by atoms with Crippen molar-refractivity contribution in [1.29, 1.82) is 0 Å². The van der Waals surface area contributed by atoms with Gasteiger partial charge in [-0.1, -0.05) is 23.7 Å². The maximum absolute atomic E-state index is 12.6. The number of amidine groups is 1. The first-order valence-electron chi connectivity index (χ1n) is 9.15. The summed E-state index contributed by atoms with van der Waals surface area (Å²) in [5, 5.41) is 6.87. The molecule has 0 saturated carbocycles. The van der Waals surface area contributed by atoms with E-state index < -0.39 is 0 Å². The van der Waals surface area contributed by atoms with Crippen LogP contribution in [0.1, 0.15) is 29.3 Å². The van der Waals surface area contributed by atoms with Crippen molar-refractivity contribution < 1.29 is 14.3 Å². The molecule has 0 fully saturated rings. The average Bonchev–Trinajstić information content (AvgIpc) is 3.20. The number of benzene rings is 1. The molecule has 2 aliphatic heterocycles. The van der Waals surface area contributed by atoms with Crippen LogP contribution in [0.2, 0.25) is 0 Å². The van der Waals surface area contributed by atoms with Crippen LogP contribution in [0.3, 0.4) is 0 Å². The molecule has 0 radical (unpaired) electrons. The van der Waals surface area contributed by atoms with Crippen molar-refractivity contribution in [2.75, 3.05) is 12.4 Å². The maximum atomic E-state index is 12.6. The highest BCUT2D eigenvalue weighted by atomic mass is 16.5. The fourth-order valence-electron chi connectivity index (χ4n) is 2.74. The molecule has 9 nitrogen and oxygen atoms in total. The number of rotatable bonds is 4. The number of methoxy groups -OCH3 is 1. The zero-order valence-electron chi connectivity index (χ0n) is 16.3. The summed E-state index contributed by atoms with van der Waals surface area (Å²) in [6.45, 7) is 2.03.